The van der Waals surface area contributed by atoms with Gasteiger partial charge in [0.05, 0.1) is 29.3 Å². The highest BCUT2D eigenvalue weighted by molar-refractivity contribution is 5.85. The highest BCUT2D eigenvalue weighted by Crippen LogP contribution is 2.30. The first-order valence-electron chi connectivity index (χ1n) is 27.4. The van der Waals surface area contributed by atoms with E-state index in [1.165, 1.54) is 21.8 Å². The second-order valence-electron chi connectivity index (χ2n) is 19.9. The molecule has 422 valence electrons. The maximum Gasteiger partial charge on any atom is 0.334 e. The minimum absolute atomic E-state index is 0.0251. The number of ether oxygens (including phenoxy) is 4. The predicted molar refractivity (Wildman–Crippen MR) is 317 cm³/mol. The van der Waals surface area contributed by atoms with E-state index in [1.807, 2.05) is 182 Å². The Morgan fingerprint density at radius 1 is 0.440 bits per heavy atom. The molecule has 14 rings (SSSR count). The molecule has 12 aromatic rings. The Balaban J connectivity index is 0.000000118. The summed E-state index contributed by atoms with van der Waals surface area (Å²) < 4.78 is 33.8. The van der Waals surface area contributed by atoms with Crippen LogP contribution in [0.1, 0.15) is 58.2 Å². The Morgan fingerprint density at radius 2 is 0.833 bits per heavy atom. The van der Waals surface area contributed by atoms with Crippen molar-refractivity contribution < 1.29 is 23.7 Å². The Labute approximate surface area is 481 Å². The molecular formula is C65H59N11O8. The molecule has 8 heterocycles. The molecule has 0 radical (unpaired) electrons. The quantitative estimate of drug-likeness (QED) is 0.0892. The second kappa shape index (κ2) is 26.2. The summed E-state index contributed by atoms with van der Waals surface area (Å²) in [6, 6.07) is 53.7. The lowest BCUT2D eigenvalue weighted by molar-refractivity contribution is 0.0913. The normalized spacial score (nSPS) is 12.3. The van der Waals surface area contributed by atoms with Crippen LogP contribution in [0.2, 0.25) is 0 Å². The van der Waals surface area contributed by atoms with Crippen molar-refractivity contribution in [1.29, 1.82) is 0 Å². The zero-order valence-electron chi connectivity index (χ0n) is 46.0. The van der Waals surface area contributed by atoms with Gasteiger partial charge in [-0.25, -0.2) is 34.3 Å². The number of imidazole rings is 4. The number of fused-ring (bicyclic) bond motifs is 4. The van der Waals surface area contributed by atoms with Crippen LogP contribution in [0.4, 0.5) is 0 Å². The molecule has 1 aliphatic carbocycles. The summed E-state index contributed by atoms with van der Waals surface area (Å²) in [6.07, 6.45) is 18.8. The van der Waals surface area contributed by atoms with E-state index in [0.29, 0.717) is 68.1 Å². The van der Waals surface area contributed by atoms with E-state index in [1.54, 1.807) is 72.8 Å². The average molecular weight is 1120 g/mol. The number of hydrogen-bond donors (Lipinski definition) is 0. The lowest BCUT2D eigenvalue weighted by Gasteiger charge is -2.05. The third-order valence-corrected chi connectivity index (χ3v) is 13.5. The molecular weight excluding hydrogens is 1060 g/mol. The molecule has 1 aliphatic heterocycles. The van der Waals surface area contributed by atoms with Crippen molar-refractivity contribution in [2.45, 2.75) is 58.8 Å². The van der Waals surface area contributed by atoms with Gasteiger partial charge in [0.2, 0.25) is 5.91 Å². The number of aromatic nitrogens is 11. The molecule has 2 aliphatic rings. The van der Waals surface area contributed by atoms with Crippen LogP contribution in [-0.4, -0.2) is 57.3 Å². The van der Waals surface area contributed by atoms with Crippen LogP contribution in [-0.2, 0) is 46.6 Å². The SMILES string of the molecule is Cn1ccc2nc(COc3ccccc3)cn2c1=O.O=C1CC=Cc2nc(COc3ccccc3)cn21.O=c1n(CC2CC2)ccc2nc(COc3ccccc3)cn12.O=c1n(Cc2ccccc2)ccc2nc(COc3ccccc3)cn12. The minimum atomic E-state index is -0.115. The number of rotatable bonds is 16. The number of hydrogen-bond acceptors (Lipinski definition) is 12. The van der Waals surface area contributed by atoms with Gasteiger partial charge in [-0.2, -0.15) is 0 Å². The van der Waals surface area contributed by atoms with Crippen LogP contribution in [0.5, 0.6) is 23.0 Å². The molecule has 0 amide bonds. The topological polar surface area (TPSA) is 190 Å². The summed E-state index contributed by atoms with van der Waals surface area (Å²) in [5.41, 5.74) is 5.72. The summed E-state index contributed by atoms with van der Waals surface area (Å²) in [7, 11) is 1.71. The van der Waals surface area contributed by atoms with Crippen molar-refractivity contribution >= 4 is 28.9 Å². The van der Waals surface area contributed by atoms with Crippen LogP contribution in [0.3, 0.4) is 0 Å². The van der Waals surface area contributed by atoms with Gasteiger partial charge in [-0.05, 0) is 97.1 Å². The van der Waals surface area contributed by atoms with Crippen molar-refractivity contribution in [2.75, 3.05) is 0 Å². The van der Waals surface area contributed by atoms with Crippen LogP contribution in [0.15, 0.2) is 234 Å². The number of para-hydroxylation sites is 4. The van der Waals surface area contributed by atoms with E-state index in [4.69, 9.17) is 18.9 Å². The van der Waals surface area contributed by atoms with Crippen LogP contribution >= 0.6 is 0 Å². The third-order valence-electron chi connectivity index (χ3n) is 13.5. The first-order chi connectivity index (χ1) is 41.1. The van der Waals surface area contributed by atoms with Gasteiger partial charge in [-0.15, -0.1) is 0 Å². The maximum absolute atomic E-state index is 12.7. The van der Waals surface area contributed by atoms with Crippen molar-refractivity contribution in [1.82, 2.24) is 51.4 Å². The van der Waals surface area contributed by atoms with Gasteiger partial charge < -0.3 is 23.5 Å². The number of aryl methyl sites for hydroxylation is 1. The Hall–Kier alpha value is -10.8. The van der Waals surface area contributed by atoms with Crippen LogP contribution in [0, 0.1) is 5.92 Å². The summed E-state index contributed by atoms with van der Waals surface area (Å²) >= 11 is 0. The molecule has 19 nitrogen and oxygen atoms in total. The van der Waals surface area contributed by atoms with E-state index in [2.05, 4.69) is 19.9 Å². The molecule has 0 spiro atoms. The number of allylic oxidation sites excluding steroid dienone is 1. The first kappa shape index (κ1) is 55.1. The lowest BCUT2D eigenvalue weighted by atomic mass is 10.2. The molecule has 0 saturated heterocycles. The summed E-state index contributed by atoms with van der Waals surface area (Å²) in [4.78, 5) is 66.2. The molecule has 1 fully saturated rings. The summed E-state index contributed by atoms with van der Waals surface area (Å²) in [6.45, 7) is 2.73. The zero-order valence-corrected chi connectivity index (χ0v) is 46.0. The highest BCUT2D eigenvalue weighted by Gasteiger charge is 2.23. The van der Waals surface area contributed by atoms with Gasteiger partial charge in [0.15, 0.2) is 0 Å². The van der Waals surface area contributed by atoms with Gasteiger partial charge in [-0.1, -0.05) is 109 Å². The van der Waals surface area contributed by atoms with E-state index in [9.17, 15) is 19.2 Å². The summed E-state index contributed by atoms with van der Waals surface area (Å²) in [5.74, 6) is 4.55. The Morgan fingerprint density at radius 3 is 1.27 bits per heavy atom. The smallest absolute Gasteiger partial charge is 0.334 e. The van der Waals surface area contributed by atoms with Gasteiger partial charge in [0.25, 0.3) is 0 Å². The van der Waals surface area contributed by atoms with E-state index >= 15 is 0 Å². The first-order valence-corrected chi connectivity index (χ1v) is 27.4. The fourth-order valence-corrected chi connectivity index (χ4v) is 9.00. The molecule has 19 heteroatoms. The standard InChI is InChI=1S/C20H17N3O2.C17H17N3O2.C14H13N3O2.C14H12N2O2/c24-20-22(13-16-7-3-1-4-8-16)12-11-19-21-17(14-23(19)20)15-25-18-9-5-2-6-10-18;21-17-19(10-13-6-7-13)9-8-16-18-14(11-20(16)17)12-22-15-4-2-1-3-5-15;1-16-8-7-13-15-11(9-17(13)14(16)18)10-19-12-5-3-2-4-6-12;17-14-8-4-7-13-15-11(9-16(13)14)10-18-12-5-2-1-3-6-12/h1-12,14H,13,15H2;1-5,8-9,11,13H,6-7,10,12H2;2-9H,10H2,1H3;1-7,9H,8,10H2. The average Bonchev–Trinajstić information content (AvgIpc) is 3.97. The van der Waals surface area contributed by atoms with Crippen molar-refractivity contribution in [3.8, 4) is 23.0 Å². The van der Waals surface area contributed by atoms with E-state index < -0.39 is 0 Å². The summed E-state index contributed by atoms with van der Waals surface area (Å²) in [5, 5.41) is 0. The second-order valence-corrected chi connectivity index (χ2v) is 19.9. The number of carbonyl (C=O) groups excluding carboxylic acids is 1. The molecule has 1 saturated carbocycles. The number of carbonyl (C=O) groups is 1. The Kier molecular flexibility index (Phi) is 17.2. The molecule has 7 aromatic heterocycles. The lowest BCUT2D eigenvalue weighted by Crippen LogP contribution is -2.26. The van der Waals surface area contributed by atoms with Crippen molar-refractivity contribution in [2.24, 2.45) is 13.0 Å². The van der Waals surface area contributed by atoms with Crippen LogP contribution < -0.4 is 36.0 Å². The molecule has 0 atom stereocenters. The van der Waals surface area contributed by atoms with Gasteiger partial charge in [0.1, 0.15) is 72.2 Å². The van der Waals surface area contributed by atoms with Crippen LogP contribution in [0.25, 0.3) is 23.0 Å². The maximum atomic E-state index is 12.7. The third kappa shape index (κ3) is 14.2. The Bertz CT molecular complexity index is 4360. The molecule has 5 aromatic carbocycles. The van der Waals surface area contributed by atoms with E-state index in [0.717, 1.165) is 57.9 Å². The fraction of sp³-hybridized carbons (Fsp3) is 0.169. The largest absolute Gasteiger partial charge is 0.487 e. The minimum Gasteiger partial charge on any atom is -0.487 e. The molecule has 0 bridgehead atoms. The predicted octanol–water partition coefficient (Wildman–Crippen LogP) is 9.74. The fourth-order valence-electron chi connectivity index (χ4n) is 9.00. The molecule has 0 unspecified atom stereocenters. The monoisotopic (exact) mass is 1120 g/mol. The van der Waals surface area contributed by atoms with E-state index in [-0.39, 0.29) is 23.0 Å². The molecule has 84 heavy (non-hydrogen) atoms. The van der Waals surface area contributed by atoms with Gasteiger partial charge >= 0.3 is 17.1 Å². The number of nitrogens with zero attached hydrogens (tertiary/aromatic N) is 11. The van der Waals surface area contributed by atoms with Crippen molar-refractivity contribution in [3.63, 3.8) is 0 Å². The van der Waals surface area contributed by atoms with Crippen molar-refractivity contribution in [3.05, 3.63) is 285 Å². The number of benzene rings is 5. The van der Waals surface area contributed by atoms with Gasteiger partial charge in [-0.3, -0.25) is 31.7 Å². The molecule has 0 N–H and O–H groups in total. The zero-order chi connectivity index (χ0) is 57.6. The highest BCUT2D eigenvalue weighted by atomic mass is 16.5. The van der Waals surface area contributed by atoms with Gasteiger partial charge in [0, 0.05) is 63.4 Å².